The lowest BCUT2D eigenvalue weighted by molar-refractivity contribution is 0.0384. The molecule has 1 unspecified atom stereocenters. The first-order valence-corrected chi connectivity index (χ1v) is 8.59. The summed E-state index contributed by atoms with van der Waals surface area (Å²) in [6.07, 6.45) is 3.97. The van der Waals surface area contributed by atoms with Gasteiger partial charge < -0.3 is 14.7 Å². The number of hydrogen-bond donors (Lipinski definition) is 1. The van der Waals surface area contributed by atoms with Gasteiger partial charge in [-0.3, -0.25) is 0 Å². The number of carbonyl (C=O) groups is 1. The monoisotopic (exact) mass is 311 g/mol. The van der Waals surface area contributed by atoms with Gasteiger partial charge in [-0.05, 0) is 58.3 Å². The summed E-state index contributed by atoms with van der Waals surface area (Å²) in [6, 6.07) is 3.58. The van der Waals surface area contributed by atoms with Gasteiger partial charge in [-0.25, -0.2) is 4.79 Å². The molecule has 0 bridgehead atoms. The molecule has 0 saturated carbocycles. The zero-order valence-electron chi connectivity index (χ0n) is 12.9. The van der Waals surface area contributed by atoms with Crippen LogP contribution in [0.1, 0.15) is 60.2 Å². The predicted octanol–water partition coefficient (Wildman–Crippen LogP) is 3.22. The van der Waals surface area contributed by atoms with Gasteiger partial charge in [0.05, 0.1) is 12.2 Å². The maximum atomic E-state index is 11.8. The van der Waals surface area contributed by atoms with Crippen molar-refractivity contribution in [2.24, 2.45) is 0 Å². The van der Waals surface area contributed by atoms with Crippen molar-refractivity contribution in [2.75, 3.05) is 19.6 Å². The van der Waals surface area contributed by atoms with Gasteiger partial charge >= 0.3 is 5.97 Å². The summed E-state index contributed by atoms with van der Waals surface area (Å²) in [5.74, 6) is -0.301. The number of hydrogen-bond acceptors (Lipinski definition) is 5. The molecule has 1 N–H and O–H groups in total. The van der Waals surface area contributed by atoms with Crippen LogP contribution >= 0.6 is 11.3 Å². The van der Waals surface area contributed by atoms with Gasteiger partial charge in [0.1, 0.15) is 4.88 Å². The molecule has 1 atom stereocenters. The van der Waals surface area contributed by atoms with E-state index in [9.17, 15) is 9.90 Å². The topological polar surface area (TPSA) is 49.8 Å². The van der Waals surface area contributed by atoms with Crippen molar-refractivity contribution in [3.63, 3.8) is 0 Å². The highest BCUT2D eigenvalue weighted by molar-refractivity contribution is 7.14. The van der Waals surface area contributed by atoms with Crippen LogP contribution in [0, 0.1) is 0 Å². The highest BCUT2D eigenvalue weighted by Gasteiger charge is 2.18. The Morgan fingerprint density at radius 2 is 2.05 bits per heavy atom. The molecular formula is C16H25NO3S. The molecule has 1 aromatic heterocycles. The summed E-state index contributed by atoms with van der Waals surface area (Å²) in [6.45, 7) is 6.87. The van der Waals surface area contributed by atoms with Gasteiger partial charge in [0, 0.05) is 11.4 Å². The molecule has 5 heteroatoms. The fourth-order valence-corrected chi connectivity index (χ4v) is 3.46. The fraction of sp³-hybridized carbons (Fsp3) is 0.688. The summed E-state index contributed by atoms with van der Waals surface area (Å²) >= 11 is 1.33. The van der Waals surface area contributed by atoms with Crippen molar-refractivity contribution in [3.05, 3.63) is 21.9 Å². The normalized spacial score (nSPS) is 17.9. The summed E-state index contributed by atoms with van der Waals surface area (Å²) in [5, 5.41) is 10.3. The van der Waals surface area contributed by atoms with Crippen LogP contribution < -0.4 is 0 Å². The second kappa shape index (κ2) is 7.92. The SMILES string of the molecule is CC(C)OC(=O)c1ccc(C(O)CCN2CCCCC2)s1. The molecule has 0 amide bonds. The Morgan fingerprint density at radius 3 is 2.71 bits per heavy atom. The van der Waals surface area contributed by atoms with Crippen LogP contribution in [0.2, 0.25) is 0 Å². The van der Waals surface area contributed by atoms with E-state index in [0.717, 1.165) is 30.9 Å². The lowest BCUT2D eigenvalue weighted by atomic mass is 10.1. The fourth-order valence-electron chi connectivity index (χ4n) is 2.54. The van der Waals surface area contributed by atoms with Gasteiger partial charge in [0.2, 0.25) is 0 Å². The predicted molar refractivity (Wildman–Crippen MR) is 84.7 cm³/mol. The van der Waals surface area contributed by atoms with Crippen LogP contribution in [-0.4, -0.2) is 41.7 Å². The molecule has 1 saturated heterocycles. The van der Waals surface area contributed by atoms with Gasteiger partial charge in [0.25, 0.3) is 0 Å². The number of carbonyl (C=O) groups excluding carboxylic acids is 1. The van der Waals surface area contributed by atoms with E-state index in [1.54, 1.807) is 6.07 Å². The average molecular weight is 311 g/mol. The van der Waals surface area contributed by atoms with Crippen LogP contribution in [0.4, 0.5) is 0 Å². The van der Waals surface area contributed by atoms with E-state index in [0.29, 0.717) is 4.88 Å². The van der Waals surface area contributed by atoms with E-state index in [1.165, 1.54) is 30.6 Å². The summed E-state index contributed by atoms with van der Waals surface area (Å²) < 4.78 is 5.17. The Hall–Kier alpha value is -0.910. The number of thiophene rings is 1. The Bertz CT molecular complexity index is 452. The van der Waals surface area contributed by atoms with Crippen LogP contribution in [0.5, 0.6) is 0 Å². The summed E-state index contributed by atoms with van der Waals surface area (Å²) in [4.78, 5) is 15.6. The second-order valence-corrected chi connectivity index (χ2v) is 6.98. The minimum absolute atomic E-state index is 0.118. The van der Waals surface area contributed by atoms with E-state index in [-0.39, 0.29) is 12.1 Å². The van der Waals surface area contributed by atoms with Crippen LogP contribution in [0.3, 0.4) is 0 Å². The molecule has 1 aliphatic rings. The molecule has 0 aliphatic carbocycles. The van der Waals surface area contributed by atoms with Gasteiger partial charge in [-0.2, -0.15) is 0 Å². The first-order valence-electron chi connectivity index (χ1n) is 7.77. The average Bonchev–Trinajstić information content (AvgIpc) is 2.95. The number of likely N-dealkylation sites (tertiary alicyclic amines) is 1. The highest BCUT2D eigenvalue weighted by Crippen LogP contribution is 2.26. The quantitative estimate of drug-likeness (QED) is 0.820. The lowest BCUT2D eigenvalue weighted by Crippen LogP contribution is -2.31. The Morgan fingerprint density at radius 1 is 1.33 bits per heavy atom. The van der Waals surface area contributed by atoms with Gasteiger partial charge in [0.15, 0.2) is 0 Å². The van der Waals surface area contributed by atoms with E-state index >= 15 is 0 Å². The van der Waals surface area contributed by atoms with E-state index in [2.05, 4.69) is 4.90 Å². The Kier molecular flexibility index (Phi) is 6.21. The van der Waals surface area contributed by atoms with Crippen LogP contribution in [0.15, 0.2) is 12.1 Å². The first-order chi connectivity index (χ1) is 10.1. The first kappa shape index (κ1) is 16.5. The molecule has 2 rings (SSSR count). The van der Waals surface area contributed by atoms with Crippen molar-refractivity contribution in [1.82, 2.24) is 4.90 Å². The molecule has 1 aromatic rings. The second-order valence-electron chi connectivity index (χ2n) is 5.86. The third-order valence-electron chi connectivity index (χ3n) is 3.67. The van der Waals surface area contributed by atoms with Crippen molar-refractivity contribution in [3.8, 4) is 0 Å². The van der Waals surface area contributed by atoms with Gasteiger partial charge in [-0.15, -0.1) is 11.3 Å². The molecule has 0 aromatic carbocycles. The number of rotatable bonds is 6. The molecule has 118 valence electrons. The number of piperidine rings is 1. The molecule has 1 aliphatic heterocycles. The van der Waals surface area contributed by atoms with Crippen LogP contribution in [0.25, 0.3) is 0 Å². The van der Waals surface area contributed by atoms with E-state index < -0.39 is 6.10 Å². The van der Waals surface area contributed by atoms with Crippen molar-refractivity contribution in [2.45, 2.75) is 51.7 Å². The van der Waals surface area contributed by atoms with Crippen LogP contribution in [-0.2, 0) is 4.74 Å². The summed E-state index contributed by atoms with van der Waals surface area (Å²) in [7, 11) is 0. The highest BCUT2D eigenvalue weighted by atomic mass is 32.1. The van der Waals surface area contributed by atoms with Crippen molar-refractivity contribution < 1.29 is 14.6 Å². The molecule has 21 heavy (non-hydrogen) atoms. The molecule has 1 fully saturated rings. The zero-order valence-corrected chi connectivity index (χ0v) is 13.7. The minimum Gasteiger partial charge on any atom is -0.459 e. The third kappa shape index (κ3) is 5.09. The van der Waals surface area contributed by atoms with Crippen molar-refractivity contribution in [1.29, 1.82) is 0 Å². The Labute approximate surface area is 130 Å². The Balaban J connectivity index is 1.83. The van der Waals surface area contributed by atoms with E-state index in [1.807, 2.05) is 19.9 Å². The largest absolute Gasteiger partial charge is 0.459 e. The van der Waals surface area contributed by atoms with E-state index in [4.69, 9.17) is 4.74 Å². The van der Waals surface area contributed by atoms with Gasteiger partial charge in [-0.1, -0.05) is 6.42 Å². The smallest absolute Gasteiger partial charge is 0.348 e. The summed E-state index contributed by atoms with van der Waals surface area (Å²) in [5.41, 5.74) is 0. The molecule has 0 spiro atoms. The lowest BCUT2D eigenvalue weighted by Gasteiger charge is -2.27. The maximum absolute atomic E-state index is 11.8. The maximum Gasteiger partial charge on any atom is 0.348 e. The number of ether oxygens (including phenoxy) is 1. The number of esters is 1. The number of nitrogens with zero attached hydrogens (tertiary/aromatic N) is 1. The standard InChI is InChI=1S/C16H25NO3S/c1-12(2)20-16(19)15-7-6-14(21-15)13(18)8-11-17-9-4-3-5-10-17/h6-7,12-13,18H,3-5,8-11H2,1-2H3. The number of aliphatic hydroxyl groups is 1. The minimum atomic E-state index is -0.488. The number of aliphatic hydroxyl groups excluding tert-OH is 1. The molecule has 0 radical (unpaired) electrons. The third-order valence-corrected chi connectivity index (χ3v) is 4.83. The molecular weight excluding hydrogens is 286 g/mol. The zero-order chi connectivity index (χ0) is 15.2. The molecule has 2 heterocycles. The molecule has 4 nitrogen and oxygen atoms in total. The van der Waals surface area contributed by atoms with Crippen molar-refractivity contribution >= 4 is 17.3 Å².